The molecule has 1 amide bonds. The molecule has 1 fully saturated rings. The summed E-state index contributed by atoms with van der Waals surface area (Å²) >= 11 is 7.15. The number of halogens is 1. The Hall–Kier alpha value is -1.33. The number of likely N-dealkylation sites (tertiary alicyclic amines) is 1. The fraction of sp³-hybridized carbons (Fsp3) is 0.333. The Balaban J connectivity index is 2.03. The van der Waals surface area contributed by atoms with Crippen molar-refractivity contribution in [3.05, 3.63) is 27.4 Å². The minimum atomic E-state index is -0.937. The Bertz CT molecular complexity index is 497. The molecule has 0 saturated carbocycles. The van der Waals surface area contributed by atoms with Crippen LogP contribution in [-0.2, 0) is 9.59 Å². The molecule has 1 atom stereocenters. The zero-order valence-electron chi connectivity index (χ0n) is 9.51. The van der Waals surface area contributed by atoms with Gasteiger partial charge in [-0.3, -0.25) is 4.79 Å². The fourth-order valence-corrected chi connectivity index (χ4v) is 2.92. The van der Waals surface area contributed by atoms with E-state index in [1.54, 1.807) is 12.1 Å². The molecule has 0 spiro atoms. The van der Waals surface area contributed by atoms with Crippen molar-refractivity contribution in [2.45, 2.75) is 18.9 Å². The molecule has 0 bridgehead atoms. The summed E-state index contributed by atoms with van der Waals surface area (Å²) in [5.74, 6) is -1.20. The first-order chi connectivity index (χ1) is 8.58. The molecule has 1 aliphatic heterocycles. The molecule has 1 saturated heterocycles. The van der Waals surface area contributed by atoms with Crippen LogP contribution in [0.2, 0.25) is 4.34 Å². The summed E-state index contributed by atoms with van der Waals surface area (Å²) in [5, 5.41) is 8.99. The van der Waals surface area contributed by atoms with Gasteiger partial charge in [-0.1, -0.05) is 11.6 Å². The normalized spacial score (nSPS) is 19.6. The maximum atomic E-state index is 11.9. The van der Waals surface area contributed by atoms with Crippen molar-refractivity contribution in [2.24, 2.45) is 0 Å². The average molecular weight is 286 g/mol. The van der Waals surface area contributed by atoms with Gasteiger partial charge in [0.25, 0.3) is 0 Å². The van der Waals surface area contributed by atoms with E-state index < -0.39 is 12.0 Å². The molecule has 1 aromatic rings. The number of nitrogens with zero attached hydrogens (tertiary/aromatic N) is 1. The van der Waals surface area contributed by atoms with Crippen LogP contribution in [0.1, 0.15) is 17.7 Å². The third-order valence-electron chi connectivity index (χ3n) is 2.81. The highest BCUT2D eigenvalue weighted by Gasteiger charge is 2.32. The molecule has 4 nitrogen and oxygen atoms in total. The Kier molecular flexibility index (Phi) is 4.04. The van der Waals surface area contributed by atoms with Crippen molar-refractivity contribution >= 4 is 40.9 Å². The lowest BCUT2D eigenvalue weighted by atomic mass is 10.2. The number of rotatable bonds is 3. The monoisotopic (exact) mass is 285 g/mol. The molecule has 1 aliphatic rings. The molecule has 2 rings (SSSR count). The molecule has 1 aromatic heterocycles. The van der Waals surface area contributed by atoms with Crippen molar-refractivity contribution < 1.29 is 14.7 Å². The van der Waals surface area contributed by atoms with Gasteiger partial charge in [-0.25, -0.2) is 4.79 Å². The van der Waals surface area contributed by atoms with Crippen molar-refractivity contribution in [2.75, 3.05) is 6.54 Å². The SMILES string of the molecule is O=C(O)C1CCCN1C(=O)/C=C/c1ccc(Cl)s1. The molecule has 0 radical (unpaired) electrons. The van der Waals surface area contributed by atoms with Gasteiger partial charge in [-0.15, -0.1) is 11.3 Å². The summed E-state index contributed by atoms with van der Waals surface area (Å²) < 4.78 is 0.659. The first-order valence-corrected chi connectivity index (χ1v) is 6.74. The van der Waals surface area contributed by atoms with Gasteiger partial charge >= 0.3 is 5.97 Å². The number of aliphatic carboxylic acids is 1. The topological polar surface area (TPSA) is 57.6 Å². The van der Waals surface area contributed by atoms with Gasteiger partial charge in [-0.2, -0.15) is 0 Å². The van der Waals surface area contributed by atoms with E-state index in [1.807, 2.05) is 6.07 Å². The van der Waals surface area contributed by atoms with Gasteiger partial charge in [-0.05, 0) is 31.1 Å². The van der Waals surface area contributed by atoms with Gasteiger partial charge in [0.1, 0.15) is 6.04 Å². The lowest BCUT2D eigenvalue weighted by Crippen LogP contribution is -2.39. The second-order valence-corrected chi connectivity index (χ2v) is 5.75. The molecule has 1 N–H and O–H groups in total. The van der Waals surface area contributed by atoms with Crippen LogP contribution in [0, 0.1) is 0 Å². The van der Waals surface area contributed by atoms with Crippen LogP contribution in [0.15, 0.2) is 18.2 Å². The molecule has 6 heteroatoms. The van der Waals surface area contributed by atoms with Crippen LogP contribution in [-0.4, -0.2) is 34.5 Å². The Morgan fingerprint density at radius 1 is 1.50 bits per heavy atom. The average Bonchev–Trinajstić information content (AvgIpc) is 2.94. The largest absolute Gasteiger partial charge is 0.480 e. The fourth-order valence-electron chi connectivity index (χ4n) is 1.95. The van der Waals surface area contributed by atoms with E-state index >= 15 is 0 Å². The summed E-state index contributed by atoms with van der Waals surface area (Å²) in [6, 6.07) is 2.89. The van der Waals surface area contributed by atoms with Crippen molar-refractivity contribution in [1.82, 2.24) is 4.90 Å². The Labute approximate surface area is 113 Å². The first kappa shape index (κ1) is 13.1. The van der Waals surface area contributed by atoms with Gasteiger partial charge in [0, 0.05) is 17.5 Å². The zero-order chi connectivity index (χ0) is 13.1. The van der Waals surface area contributed by atoms with E-state index in [-0.39, 0.29) is 5.91 Å². The number of thiophene rings is 1. The number of amides is 1. The van der Waals surface area contributed by atoms with Gasteiger partial charge < -0.3 is 10.0 Å². The number of hydrogen-bond acceptors (Lipinski definition) is 3. The first-order valence-electron chi connectivity index (χ1n) is 5.55. The zero-order valence-corrected chi connectivity index (χ0v) is 11.1. The lowest BCUT2D eigenvalue weighted by Gasteiger charge is -2.19. The van der Waals surface area contributed by atoms with Crippen LogP contribution >= 0.6 is 22.9 Å². The quantitative estimate of drug-likeness (QED) is 0.868. The summed E-state index contributed by atoms with van der Waals surface area (Å²) in [6.45, 7) is 0.505. The minimum Gasteiger partial charge on any atom is -0.480 e. The van der Waals surface area contributed by atoms with Crippen LogP contribution in [0.5, 0.6) is 0 Å². The maximum absolute atomic E-state index is 11.9. The molecular formula is C12H12ClNO3S. The maximum Gasteiger partial charge on any atom is 0.326 e. The van der Waals surface area contributed by atoms with Crippen LogP contribution in [0.25, 0.3) is 6.08 Å². The number of carbonyl (C=O) groups excluding carboxylic acids is 1. The highest BCUT2D eigenvalue weighted by molar-refractivity contribution is 7.17. The number of carboxylic acid groups (broad SMARTS) is 1. The smallest absolute Gasteiger partial charge is 0.326 e. The molecule has 0 aromatic carbocycles. The standard InChI is InChI=1S/C12H12ClNO3S/c13-10-5-3-8(18-10)4-6-11(15)14-7-1-2-9(14)12(16)17/h3-6,9H,1-2,7H2,(H,16,17)/b6-4+. The predicted octanol–water partition coefficient (Wildman–Crippen LogP) is 2.49. The summed E-state index contributed by atoms with van der Waals surface area (Å²) in [4.78, 5) is 25.1. The van der Waals surface area contributed by atoms with Crippen LogP contribution in [0.3, 0.4) is 0 Å². The van der Waals surface area contributed by atoms with Crippen molar-refractivity contribution in [1.29, 1.82) is 0 Å². The predicted molar refractivity (Wildman–Crippen MR) is 70.7 cm³/mol. The Morgan fingerprint density at radius 3 is 2.89 bits per heavy atom. The van der Waals surface area contributed by atoms with E-state index in [9.17, 15) is 9.59 Å². The molecule has 18 heavy (non-hydrogen) atoms. The van der Waals surface area contributed by atoms with Crippen molar-refractivity contribution in [3.63, 3.8) is 0 Å². The second-order valence-electron chi connectivity index (χ2n) is 4.00. The lowest BCUT2D eigenvalue weighted by molar-refractivity contribution is -0.146. The molecular weight excluding hydrogens is 274 g/mol. The molecule has 0 aliphatic carbocycles. The van der Waals surface area contributed by atoms with E-state index in [1.165, 1.54) is 22.3 Å². The third-order valence-corrected chi connectivity index (χ3v) is 4.00. The van der Waals surface area contributed by atoms with Crippen molar-refractivity contribution in [3.8, 4) is 0 Å². The van der Waals surface area contributed by atoms with Crippen LogP contribution in [0.4, 0.5) is 0 Å². The van der Waals surface area contributed by atoms with E-state index in [0.29, 0.717) is 17.3 Å². The third kappa shape index (κ3) is 2.91. The van der Waals surface area contributed by atoms with E-state index in [0.717, 1.165) is 11.3 Å². The number of carboxylic acids is 1. The minimum absolute atomic E-state index is 0.260. The molecule has 96 valence electrons. The number of hydrogen-bond donors (Lipinski definition) is 1. The summed E-state index contributed by atoms with van der Waals surface area (Å²) in [5.41, 5.74) is 0. The van der Waals surface area contributed by atoms with Gasteiger partial charge in [0.2, 0.25) is 5.91 Å². The second kappa shape index (κ2) is 5.54. The van der Waals surface area contributed by atoms with Gasteiger partial charge in [0.15, 0.2) is 0 Å². The van der Waals surface area contributed by atoms with Crippen LogP contribution < -0.4 is 0 Å². The molecule has 1 unspecified atom stereocenters. The highest BCUT2D eigenvalue weighted by atomic mass is 35.5. The summed E-state index contributed by atoms with van der Waals surface area (Å²) in [6.07, 6.45) is 4.33. The van der Waals surface area contributed by atoms with Gasteiger partial charge in [0.05, 0.1) is 4.34 Å². The highest BCUT2D eigenvalue weighted by Crippen LogP contribution is 2.23. The van der Waals surface area contributed by atoms with E-state index in [4.69, 9.17) is 16.7 Å². The Morgan fingerprint density at radius 2 is 2.28 bits per heavy atom. The summed E-state index contributed by atoms with van der Waals surface area (Å²) in [7, 11) is 0. The number of carbonyl (C=O) groups is 2. The van der Waals surface area contributed by atoms with E-state index in [2.05, 4.69) is 0 Å². The molecule has 2 heterocycles.